The van der Waals surface area contributed by atoms with Crippen LogP contribution in [0.5, 0.6) is 11.5 Å². The van der Waals surface area contributed by atoms with Crippen molar-refractivity contribution in [2.24, 2.45) is 7.05 Å². The molecule has 0 aliphatic carbocycles. The normalized spacial score (nSPS) is 12.0. The van der Waals surface area contributed by atoms with Crippen molar-refractivity contribution in [2.45, 2.75) is 12.8 Å². The van der Waals surface area contributed by atoms with Crippen LogP contribution in [0.1, 0.15) is 22.7 Å². The Labute approximate surface area is 185 Å². The Hall–Kier alpha value is -4.01. The Balaban J connectivity index is 1.83. The molecule has 0 spiro atoms. The van der Waals surface area contributed by atoms with E-state index in [1.807, 2.05) is 42.6 Å². The van der Waals surface area contributed by atoms with E-state index in [1.54, 1.807) is 28.2 Å². The third-order valence-corrected chi connectivity index (χ3v) is 5.65. The molecule has 0 aliphatic heterocycles. The second-order valence-corrected chi connectivity index (χ2v) is 7.47. The number of hydrogen-bond donors (Lipinski definition) is 2. The number of aromatic nitrogens is 3. The van der Waals surface area contributed by atoms with E-state index in [-0.39, 0.29) is 11.6 Å². The first-order valence-corrected chi connectivity index (χ1v) is 10.1. The molecule has 0 radical (unpaired) electrons. The lowest BCUT2D eigenvalue weighted by atomic mass is 9.90. The number of anilines is 1. The molecule has 0 aliphatic rings. The van der Waals surface area contributed by atoms with Crippen LogP contribution in [0, 0.1) is 17.0 Å². The number of ether oxygens (including phenoxy) is 2. The van der Waals surface area contributed by atoms with Crippen LogP contribution in [0.3, 0.4) is 0 Å². The highest BCUT2D eigenvalue weighted by Crippen LogP contribution is 2.41. The van der Waals surface area contributed by atoms with E-state index in [0.29, 0.717) is 29.6 Å². The van der Waals surface area contributed by atoms with Gasteiger partial charge in [0.1, 0.15) is 5.69 Å². The van der Waals surface area contributed by atoms with Crippen molar-refractivity contribution in [3.05, 3.63) is 75.6 Å². The first-order chi connectivity index (χ1) is 15.5. The standard InChI is InChI=1S/C23H25N5O4/c1-14-21(28(29)30)23(27(2)26-14)25-13-18(16-9-7-11-20(31-3)22(16)32-4)17-12-24-19-10-6-5-8-15(17)19/h5-12,18,24-25H,13H2,1-4H3. The van der Waals surface area contributed by atoms with Gasteiger partial charge in [-0.1, -0.05) is 30.3 Å². The lowest BCUT2D eigenvalue weighted by Gasteiger charge is -2.22. The number of nitro groups is 1. The first-order valence-electron chi connectivity index (χ1n) is 10.1. The summed E-state index contributed by atoms with van der Waals surface area (Å²) in [4.78, 5) is 14.5. The number of para-hydroxylation sites is 2. The van der Waals surface area contributed by atoms with Crippen LogP contribution in [-0.2, 0) is 7.05 Å². The van der Waals surface area contributed by atoms with Gasteiger partial charge in [-0.15, -0.1) is 0 Å². The Morgan fingerprint density at radius 1 is 1.16 bits per heavy atom. The van der Waals surface area contributed by atoms with E-state index in [1.165, 1.54) is 4.68 Å². The van der Waals surface area contributed by atoms with E-state index in [4.69, 9.17) is 9.47 Å². The summed E-state index contributed by atoms with van der Waals surface area (Å²) in [5, 5.41) is 20.2. The summed E-state index contributed by atoms with van der Waals surface area (Å²) in [6.45, 7) is 2.01. The molecule has 4 rings (SSSR count). The molecule has 9 nitrogen and oxygen atoms in total. The van der Waals surface area contributed by atoms with Gasteiger partial charge in [-0.05, 0) is 24.6 Å². The molecule has 2 aromatic carbocycles. The summed E-state index contributed by atoms with van der Waals surface area (Å²) in [6.07, 6.45) is 1.97. The van der Waals surface area contributed by atoms with Crippen LogP contribution in [0.2, 0.25) is 0 Å². The molecule has 1 unspecified atom stereocenters. The highest BCUT2D eigenvalue weighted by atomic mass is 16.6. The number of aryl methyl sites for hydroxylation is 2. The third-order valence-electron chi connectivity index (χ3n) is 5.65. The molecule has 2 N–H and O–H groups in total. The molecule has 0 bridgehead atoms. The van der Waals surface area contributed by atoms with Crippen LogP contribution in [0.4, 0.5) is 11.5 Å². The zero-order valence-electron chi connectivity index (χ0n) is 18.4. The van der Waals surface area contributed by atoms with Crippen LogP contribution in [0.25, 0.3) is 10.9 Å². The third kappa shape index (κ3) is 3.62. The van der Waals surface area contributed by atoms with E-state index < -0.39 is 4.92 Å². The summed E-state index contributed by atoms with van der Waals surface area (Å²) in [5.41, 5.74) is 3.30. The SMILES string of the molecule is COc1cccc(C(CNc2c([N+](=O)[O-])c(C)nn2C)c2c[nH]c3ccccc23)c1OC. The predicted molar refractivity (Wildman–Crippen MR) is 123 cm³/mol. The highest BCUT2D eigenvalue weighted by Gasteiger charge is 2.28. The van der Waals surface area contributed by atoms with E-state index in [2.05, 4.69) is 21.5 Å². The van der Waals surface area contributed by atoms with E-state index >= 15 is 0 Å². The Bertz CT molecular complexity index is 1280. The highest BCUT2D eigenvalue weighted by molar-refractivity contribution is 5.84. The molecule has 1 atom stereocenters. The number of rotatable bonds is 8. The number of hydrogen-bond acceptors (Lipinski definition) is 6. The largest absolute Gasteiger partial charge is 0.493 e. The van der Waals surface area contributed by atoms with Gasteiger partial charge in [0.25, 0.3) is 0 Å². The van der Waals surface area contributed by atoms with Crippen LogP contribution in [0.15, 0.2) is 48.7 Å². The second kappa shape index (κ2) is 8.62. The molecule has 0 saturated heterocycles. The molecule has 0 amide bonds. The zero-order valence-corrected chi connectivity index (χ0v) is 18.4. The van der Waals surface area contributed by atoms with Gasteiger partial charge < -0.3 is 19.8 Å². The summed E-state index contributed by atoms with van der Waals surface area (Å²) in [5.74, 6) is 1.42. The fourth-order valence-corrected chi connectivity index (χ4v) is 4.22. The molecule has 2 heterocycles. The van der Waals surface area contributed by atoms with Gasteiger partial charge in [0.2, 0.25) is 5.82 Å². The number of methoxy groups -OCH3 is 2. The topological polar surface area (TPSA) is 107 Å². The van der Waals surface area contributed by atoms with Gasteiger partial charge in [0.05, 0.1) is 19.1 Å². The molecular formula is C23H25N5O4. The van der Waals surface area contributed by atoms with Crippen molar-refractivity contribution >= 4 is 22.4 Å². The van der Waals surface area contributed by atoms with Crippen molar-refractivity contribution in [1.82, 2.24) is 14.8 Å². The maximum atomic E-state index is 11.6. The quantitative estimate of drug-likeness (QED) is 0.314. The summed E-state index contributed by atoms with van der Waals surface area (Å²) in [6, 6.07) is 13.8. The number of H-pyrrole nitrogens is 1. The number of nitrogens with one attached hydrogen (secondary N) is 2. The van der Waals surface area contributed by atoms with Crippen molar-refractivity contribution in [2.75, 3.05) is 26.1 Å². The van der Waals surface area contributed by atoms with Crippen molar-refractivity contribution in [3.63, 3.8) is 0 Å². The van der Waals surface area contributed by atoms with Gasteiger partial charge in [0.15, 0.2) is 11.5 Å². The van der Waals surface area contributed by atoms with Gasteiger partial charge in [-0.2, -0.15) is 5.10 Å². The molecule has 9 heteroatoms. The fourth-order valence-electron chi connectivity index (χ4n) is 4.22. The monoisotopic (exact) mass is 435 g/mol. The van der Waals surface area contributed by atoms with E-state index in [0.717, 1.165) is 22.0 Å². The van der Waals surface area contributed by atoms with Crippen molar-refractivity contribution < 1.29 is 14.4 Å². The lowest BCUT2D eigenvalue weighted by molar-refractivity contribution is -0.384. The fraction of sp³-hybridized carbons (Fsp3) is 0.261. The van der Waals surface area contributed by atoms with Gasteiger partial charge in [-0.3, -0.25) is 10.1 Å². The minimum atomic E-state index is -0.405. The number of benzene rings is 2. The minimum Gasteiger partial charge on any atom is -0.493 e. The Morgan fingerprint density at radius 2 is 1.94 bits per heavy atom. The summed E-state index contributed by atoms with van der Waals surface area (Å²) >= 11 is 0. The minimum absolute atomic E-state index is 0.0252. The molecule has 32 heavy (non-hydrogen) atoms. The first kappa shape index (κ1) is 21.2. The Kier molecular flexibility index (Phi) is 5.72. The zero-order chi connectivity index (χ0) is 22.8. The smallest absolute Gasteiger partial charge is 0.333 e. The molecule has 0 fully saturated rings. The van der Waals surface area contributed by atoms with Gasteiger partial charge >= 0.3 is 5.69 Å². The predicted octanol–water partition coefficient (Wildman–Crippen LogP) is 4.38. The summed E-state index contributed by atoms with van der Waals surface area (Å²) < 4.78 is 12.7. The number of fused-ring (bicyclic) bond motifs is 1. The second-order valence-electron chi connectivity index (χ2n) is 7.47. The van der Waals surface area contributed by atoms with Crippen LogP contribution in [-0.4, -0.2) is 40.5 Å². The number of aromatic amines is 1. The van der Waals surface area contributed by atoms with Gasteiger partial charge in [0, 0.05) is 42.2 Å². The Morgan fingerprint density at radius 3 is 2.66 bits per heavy atom. The van der Waals surface area contributed by atoms with Crippen LogP contribution >= 0.6 is 0 Å². The van der Waals surface area contributed by atoms with Gasteiger partial charge in [-0.25, -0.2) is 4.68 Å². The molecule has 4 aromatic rings. The average Bonchev–Trinajstić information content (AvgIpc) is 3.34. The van der Waals surface area contributed by atoms with Crippen LogP contribution < -0.4 is 14.8 Å². The van der Waals surface area contributed by atoms with Crippen molar-refractivity contribution in [1.29, 1.82) is 0 Å². The van der Waals surface area contributed by atoms with E-state index in [9.17, 15) is 10.1 Å². The average molecular weight is 435 g/mol. The summed E-state index contributed by atoms with van der Waals surface area (Å²) in [7, 11) is 4.90. The maximum Gasteiger partial charge on any atom is 0.333 e. The maximum absolute atomic E-state index is 11.6. The molecule has 2 aromatic heterocycles. The molecule has 0 saturated carbocycles. The number of nitrogens with zero attached hydrogens (tertiary/aromatic N) is 3. The molecule has 166 valence electrons. The van der Waals surface area contributed by atoms with Crippen molar-refractivity contribution in [3.8, 4) is 11.5 Å². The molecular weight excluding hydrogens is 410 g/mol. The lowest BCUT2D eigenvalue weighted by Crippen LogP contribution is -2.17.